The van der Waals surface area contributed by atoms with Gasteiger partial charge in [0, 0.05) is 38.0 Å². The van der Waals surface area contributed by atoms with Crippen LogP contribution in [0.2, 0.25) is 0 Å². The summed E-state index contributed by atoms with van der Waals surface area (Å²) in [5.74, 6) is 0.707. The van der Waals surface area contributed by atoms with Gasteiger partial charge in [-0.3, -0.25) is 14.5 Å². The first-order valence-corrected chi connectivity index (χ1v) is 8.52. The highest BCUT2D eigenvalue weighted by atomic mass is 32.2. The van der Waals surface area contributed by atoms with Gasteiger partial charge in [0.25, 0.3) is 5.24 Å². The minimum atomic E-state index is -0.0768. The first kappa shape index (κ1) is 16.6. The van der Waals surface area contributed by atoms with E-state index in [1.807, 2.05) is 0 Å². The molecule has 0 aromatic rings. The Bertz CT molecular complexity index is 384. The summed E-state index contributed by atoms with van der Waals surface area (Å²) in [7, 11) is 0. The van der Waals surface area contributed by atoms with Gasteiger partial charge >= 0.3 is 0 Å². The SMILES string of the molecule is CC1CN(C(C)CNC(=O)CN2CCSC2=O)CC(C)O1. The molecular formula is C14H25N3O3S. The highest BCUT2D eigenvalue weighted by Crippen LogP contribution is 2.16. The van der Waals surface area contributed by atoms with Crippen molar-refractivity contribution in [2.24, 2.45) is 0 Å². The van der Waals surface area contributed by atoms with Crippen molar-refractivity contribution >= 4 is 22.9 Å². The Balaban J connectivity index is 1.71. The third-order valence-corrected chi connectivity index (χ3v) is 4.74. The smallest absolute Gasteiger partial charge is 0.282 e. The number of rotatable bonds is 5. The molecule has 0 bridgehead atoms. The second-order valence-electron chi connectivity index (χ2n) is 5.90. The van der Waals surface area contributed by atoms with E-state index in [2.05, 4.69) is 31.0 Å². The molecule has 3 unspecified atom stereocenters. The molecule has 0 aliphatic carbocycles. The van der Waals surface area contributed by atoms with Gasteiger partial charge in [0.1, 0.15) is 6.54 Å². The van der Waals surface area contributed by atoms with Crippen LogP contribution in [0.5, 0.6) is 0 Å². The monoisotopic (exact) mass is 315 g/mol. The predicted octanol–water partition coefficient (Wildman–Crippen LogP) is 0.769. The van der Waals surface area contributed by atoms with Crippen LogP contribution in [-0.4, -0.2) is 77.7 Å². The maximum atomic E-state index is 11.9. The first-order valence-electron chi connectivity index (χ1n) is 7.53. The predicted molar refractivity (Wildman–Crippen MR) is 83.5 cm³/mol. The summed E-state index contributed by atoms with van der Waals surface area (Å²) >= 11 is 1.28. The van der Waals surface area contributed by atoms with Crippen molar-refractivity contribution in [3.8, 4) is 0 Å². The summed E-state index contributed by atoms with van der Waals surface area (Å²) in [6.07, 6.45) is 0.456. The van der Waals surface area contributed by atoms with Crippen molar-refractivity contribution in [3.63, 3.8) is 0 Å². The summed E-state index contributed by atoms with van der Waals surface area (Å²) in [5, 5.41) is 2.94. The fourth-order valence-electron chi connectivity index (χ4n) is 2.77. The van der Waals surface area contributed by atoms with Gasteiger partial charge in [-0.15, -0.1) is 0 Å². The second-order valence-corrected chi connectivity index (χ2v) is 6.95. The Morgan fingerprint density at radius 3 is 2.67 bits per heavy atom. The van der Waals surface area contributed by atoms with Crippen LogP contribution in [0.25, 0.3) is 0 Å². The van der Waals surface area contributed by atoms with Crippen molar-refractivity contribution in [1.82, 2.24) is 15.1 Å². The van der Waals surface area contributed by atoms with E-state index in [-0.39, 0.29) is 35.9 Å². The number of hydrogen-bond acceptors (Lipinski definition) is 5. The lowest BCUT2D eigenvalue weighted by Gasteiger charge is -2.39. The van der Waals surface area contributed by atoms with Crippen LogP contribution in [0.1, 0.15) is 20.8 Å². The van der Waals surface area contributed by atoms with Gasteiger partial charge in [-0.1, -0.05) is 11.8 Å². The van der Waals surface area contributed by atoms with E-state index >= 15 is 0 Å². The van der Waals surface area contributed by atoms with Crippen molar-refractivity contribution in [1.29, 1.82) is 0 Å². The van der Waals surface area contributed by atoms with Gasteiger partial charge in [0.2, 0.25) is 5.91 Å². The fourth-order valence-corrected chi connectivity index (χ4v) is 3.59. The summed E-state index contributed by atoms with van der Waals surface area (Å²) in [5.41, 5.74) is 0. The summed E-state index contributed by atoms with van der Waals surface area (Å²) in [6.45, 7) is 9.50. The lowest BCUT2D eigenvalue weighted by Crippen LogP contribution is -2.52. The van der Waals surface area contributed by atoms with E-state index in [0.717, 1.165) is 18.8 Å². The van der Waals surface area contributed by atoms with Crippen LogP contribution in [0.3, 0.4) is 0 Å². The molecular weight excluding hydrogens is 290 g/mol. The van der Waals surface area contributed by atoms with Crippen molar-refractivity contribution in [2.75, 3.05) is 38.5 Å². The van der Waals surface area contributed by atoms with Gasteiger partial charge in [0.05, 0.1) is 12.2 Å². The van der Waals surface area contributed by atoms with Gasteiger partial charge in [-0.05, 0) is 20.8 Å². The quantitative estimate of drug-likeness (QED) is 0.812. The molecule has 120 valence electrons. The van der Waals surface area contributed by atoms with Gasteiger partial charge in [0.15, 0.2) is 0 Å². The molecule has 2 rings (SSSR count). The third kappa shape index (κ3) is 4.86. The van der Waals surface area contributed by atoms with Crippen molar-refractivity contribution in [3.05, 3.63) is 0 Å². The molecule has 0 spiro atoms. The molecule has 7 heteroatoms. The third-order valence-electron chi connectivity index (χ3n) is 3.85. The Hall–Kier alpha value is -0.790. The van der Waals surface area contributed by atoms with Crippen LogP contribution >= 0.6 is 11.8 Å². The van der Waals surface area contributed by atoms with Crippen LogP contribution in [0, 0.1) is 0 Å². The number of hydrogen-bond donors (Lipinski definition) is 1. The van der Waals surface area contributed by atoms with E-state index in [4.69, 9.17) is 4.74 Å². The summed E-state index contributed by atoms with van der Waals surface area (Å²) < 4.78 is 5.72. The molecule has 0 aromatic heterocycles. The zero-order valence-electron chi connectivity index (χ0n) is 13.0. The average Bonchev–Trinajstić information content (AvgIpc) is 2.80. The van der Waals surface area contributed by atoms with Crippen molar-refractivity contribution < 1.29 is 14.3 Å². The average molecular weight is 315 g/mol. The van der Waals surface area contributed by atoms with Crippen LogP contribution in [-0.2, 0) is 9.53 Å². The molecule has 2 amide bonds. The van der Waals surface area contributed by atoms with Crippen LogP contribution < -0.4 is 5.32 Å². The largest absolute Gasteiger partial charge is 0.373 e. The zero-order valence-corrected chi connectivity index (χ0v) is 13.8. The Labute approximate surface area is 130 Å². The molecule has 0 aromatic carbocycles. The molecule has 21 heavy (non-hydrogen) atoms. The zero-order chi connectivity index (χ0) is 15.4. The fraction of sp³-hybridized carbons (Fsp3) is 0.857. The number of nitrogens with one attached hydrogen (secondary N) is 1. The number of morpholine rings is 1. The van der Waals surface area contributed by atoms with Crippen molar-refractivity contribution in [2.45, 2.75) is 39.0 Å². The molecule has 0 radical (unpaired) electrons. The highest BCUT2D eigenvalue weighted by molar-refractivity contribution is 8.13. The molecule has 2 fully saturated rings. The van der Waals surface area contributed by atoms with Crippen LogP contribution in [0.4, 0.5) is 4.79 Å². The van der Waals surface area contributed by atoms with Gasteiger partial charge in [-0.2, -0.15) is 0 Å². The number of thioether (sulfide) groups is 1. The van der Waals surface area contributed by atoms with E-state index in [9.17, 15) is 9.59 Å². The summed E-state index contributed by atoms with van der Waals surface area (Å²) in [6, 6.07) is 0.270. The molecule has 6 nitrogen and oxygen atoms in total. The first-order chi connectivity index (χ1) is 9.95. The van der Waals surface area contributed by atoms with Gasteiger partial charge in [-0.25, -0.2) is 0 Å². The Kier molecular flexibility index (Phi) is 5.89. The normalized spacial score (nSPS) is 28.7. The lowest BCUT2D eigenvalue weighted by atomic mass is 10.1. The van der Waals surface area contributed by atoms with E-state index in [1.54, 1.807) is 4.90 Å². The summed E-state index contributed by atoms with van der Waals surface area (Å²) in [4.78, 5) is 27.3. The topological polar surface area (TPSA) is 61.9 Å². The number of carbonyl (C=O) groups is 2. The minimum absolute atomic E-state index is 0.00836. The number of amides is 2. The molecule has 2 aliphatic heterocycles. The Morgan fingerprint density at radius 1 is 1.43 bits per heavy atom. The highest BCUT2D eigenvalue weighted by Gasteiger charge is 2.27. The number of nitrogens with zero attached hydrogens (tertiary/aromatic N) is 2. The molecule has 2 heterocycles. The van der Waals surface area contributed by atoms with Gasteiger partial charge < -0.3 is 15.0 Å². The van der Waals surface area contributed by atoms with E-state index < -0.39 is 0 Å². The van der Waals surface area contributed by atoms with Crippen LogP contribution in [0.15, 0.2) is 0 Å². The maximum absolute atomic E-state index is 11.9. The molecule has 3 atom stereocenters. The van der Waals surface area contributed by atoms with E-state index in [0.29, 0.717) is 13.1 Å². The molecule has 0 saturated carbocycles. The van der Waals surface area contributed by atoms with E-state index in [1.165, 1.54) is 11.8 Å². The molecule has 2 saturated heterocycles. The second kappa shape index (κ2) is 7.47. The molecule has 2 aliphatic rings. The number of carbonyl (C=O) groups excluding carboxylic acids is 2. The lowest BCUT2D eigenvalue weighted by molar-refractivity contribution is -0.122. The maximum Gasteiger partial charge on any atom is 0.282 e. The molecule has 1 N–H and O–H groups in total. The Morgan fingerprint density at radius 2 is 2.10 bits per heavy atom. The minimum Gasteiger partial charge on any atom is -0.373 e. The number of ether oxygens (including phenoxy) is 1. The standard InChI is InChI=1S/C14H25N3O3S/c1-10(17-7-11(2)20-12(3)8-17)6-15-13(18)9-16-4-5-21-14(16)19/h10-12H,4-9H2,1-3H3,(H,15,18).